The van der Waals surface area contributed by atoms with Gasteiger partial charge in [-0.25, -0.2) is 19.5 Å². The molecule has 1 aromatic carbocycles. The summed E-state index contributed by atoms with van der Waals surface area (Å²) in [6, 6.07) is 3.16. The minimum Gasteiger partial charge on any atom is -0.488 e. The molecule has 4 rings (SSSR count). The Morgan fingerprint density at radius 1 is 1.05 bits per heavy atom. The van der Waals surface area contributed by atoms with Gasteiger partial charge in [-0.2, -0.15) is 31.4 Å². The number of nitrogens with one attached hydrogen (secondary N) is 2. The summed E-state index contributed by atoms with van der Waals surface area (Å²) in [5.41, 5.74) is -4.66. The molecule has 1 unspecified atom stereocenters. The molecule has 1 amide bonds. The second kappa shape index (κ2) is 11.0. The molecule has 40 heavy (non-hydrogen) atoms. The molecule has 0 radical (unpaired) electrons. The first-order chi connectivity index (χ1) is 18.8. The summed E-state index contributed by atoms with van der Waals surface area (Å²) in [6.07, 6.45) is -7.56. The molecule has 1 saturated heterocycles. The largest absolute Gasteiger partial charge is 0.488 e. The number of carbonyl (C=O) groups is 1. The van der Waals surface area contributed by atoms with E-state index in [0.29, 0.717) is 12.4 Å². The van der Waals surface area contributed by atoms with Crippen molar-refractivity contribution in [2.45, 2.75) is 25.3 Å². The molecular weight excluding hydrogens is 555 g/mol. The molecule has 3 heterocycles. The normalized spacial score (nSPS) is 15.2. The molecule has 1 fully saturated rings. The number of aromatic amines is 1. The third kappa shape index (κ3) is 6.23. The van der Waals surface area contributed by atoms with Crippen molar-refractivity contribution in [2.75, 3.05) is 41.4 Å². The van der Waals surface area contributed by atoms with E-state index in [2.05, 4.69) is 20.4 Å². The van der Waals surface area contributed by atoms with Crippen LogP contribution < -0.4 is 25.4 Å². The predicted molar refractivity (Wildman–Crippen MR) is 126 cm³/mol. The molecule has 3 aromatic rings. The summed E-state index contributed by atoms with van der Waals surface area (Å²) < 4.78 is 98.7. The number of benzene rings is 1. The average molecular weight is 575 g/mol. The highest BCUT2D eigenvalue weighted by Gasteiger charge is 2.38. The van der Waals surface area contributed by atoms with Gasteiger partial charge >= 0.3 is 12.4 Å². The number of alkyl halides is 6. The fourth-order valence-corrected chi connectivity index (χ4v) is 3.86. The molecule has 0 aliphatic carbocycles. The van der Waals surface area contributed by atoms with E-state index >= 15 is 4.39 Å². The van der Waals surface area contributed by atoms with Gasteiger partial charge in [0.15, 0.2) is 11.6 Å². The zero-order chi connectivity index (χ0) is 29.2. The van der Waals surface area contributed by atoms with Crippen LogP contribution in [0.4, 0.5) is 48.1 Å². The SMILES string of the molecule is CC(COc1cccc(N2CCN(c3ncc(C(F)(F)F)cn3)CC2=O)c1F)Nc1cn[nH]c(=O)c1C(F)(F)F. The van der Waals surface area contributed by atoms with Crippen LogP contribution in [0.5, 0.6) is 5.75 Å². The quantitative estimate of drug-likeness (QED) is 0.412. The Morgan fingerprint density at radius 3 is 2.38 bits per heavy atom. The van der Waals surface area contributed by atoms with Crippen molar-refractivity contribution in [3.8, 4) is 5.75 Å². The van der Waals surface area contributed by atoms with E-state index in [4.69, 9.17) is 4.74 Å². The van der Waals surface area contributed by atoms with Gasteiger partial charge in [-0.3, -0.25) is 9.59 Å². The zero-order valence-corrected chi connectivity index (χ0v) is 20.5. The van der Waals surface area contributed by atoms with Gasteiger partial charge in [-0.1, -0.05) is 6.07 Å². The van der Waals surface area contributed by atoms with Gasteiger partial charge in [0.1, 0.15) is 18.7 Å². The molecule has 17 heteroatoms. The lowest BCUT2D eigenvalue weighted by molar-refractivity contribution is -0.139. The Kier molecular flexibility index (Phi) is 7.84. The summed E-state index contributed by atoms with van der Waals surface area (Å²) in [5, 5.41) is 7.54. The number of H-pyrrole nitrogens is 1. The smallest absolute Gasteiger partial charge is 0.423 e. The molecule has 0 saturated carbocycles. The van der Waals surface area contributed by atoms with Gasteiger partial charge in [0.2, 0.25) is 11.9 Å². The minimum absolute atomic E-state index is 0.0443. The Hall–Kier alpha value is -4.44. The van der Waals surface area contributed by atoms with Gasteiger partial charge < -0.3 is 19.9 Å². The van der Waals surface area contributed by atoms with Gasteiger partial charge in [0.25, 0.3) is 5.56 Å². The number of aromatic nitrogens is 4. The average Bonchev–Trinajstić information content (AvgIpc) is 2.87. The number of hydrogen-bond donors (Lipinski definition) is 2. The first-order valence-electron chi connectivity index (χ1n) is 11.5. The van der Waals surface area contributed by atoms with E-state index in [-0.39, 0.29) is 43.6 Å². The number of ether oxygens (including phenoxy) is 1. The number of hydrogen-bond acceptors (Lipinski definition) is 8. The fourth-order valence-electron chi connectivity index (χ4n) is 3.86. The van der Waals surface area contributed by atoms with E-state index in [1.54, 1.807) is 5.10 Å². The van der Waals surface area contributed by atoms with Crippen molar-refractivity contribution in [2.24, 2.45) is 0 Å². The van der Waals surface area contributed by atoms with Crippen LogP contribution in [-0.2, 0) is 17.1 Å². The van der Waals surface area contributed by atoms with Crippen LogP contribution in [0.1, 0.15) is 18.1 Å². The minimum atomic E-state index is -4.95. The number of amides is 1. The highest BCUT2D eigenvalue weighted by atomic mass is 19.4. The maximum atomic E-state index is 15.3. The molecule has 2 N–H and O–H groups in total. The van der Waals surface area contributed by atoms with Crippen molar-refractivity contribution >= 4 is 23.2 Å². The van der Waals surface area contributed by atoms with Crippen molar-refractivity contribution < 1.29 is 40.3 Å². The lowest BCUT2D eigenvalue weighted by atomic mass is 10.2. The van der Waals surface area contributed by atoms with Crippen molar-refractivity contribution in [3.63, 3.8) is 0 Å². The third-order valence-corrected chi connectivity index (χ3v) is 5.73. The molecular formula is C23H20F7N7O3. The predicted octanol–water partition coefficient (Wildman–Crippen LogP) is 3.47. The Balaban J connectivity index is 1.41. The molecule has 1 atom stereocenters. The third-order valence-electron chi connectivity index (χ3n) is 5.73. The highest BCUT2D eigenvalue weighted by molar-refractivity contribution is 5.97. The zero-order valence-electron chi connectivity index (χ0n) is 20.5. The summed E-state index contributed by atoms with van der Waals surface area (Å²) in [5.74, 6) is -1.87. The van der Waals surface area contributed by atoms with Gasteiger partial charge in [-0.05, 0) is 19.1 Å². The van der Waals surface area contributed by atoms with E-state index in [1.165, 1.54) is 30.0 Å². The monoisotopic (exact) mass is 575 g/mol. The number of piperazine rings is 1. The van der Waals surface area contributed by atoms with E-state index in [0.717, 1.165) is 11.1 Å². The maximum absolute atomic E-state index is 15.3. The second-order valence-electron chi connectivity index (χ2n) is 8.67. The maximum Gasteiger partial charge on any atom is 0.423 e. The van der Waals surface area contributed by atoms with E-state index < -0.39 is 52.5 Å². The van der Waals surface area contributed by atoms with Crippen LogP contribution in [0.25, 0.3) is 0 Å². The molecule has 1 aliphatic heterocycles. The number of carbonyl (C=O) groups excluding carboxylic acids is 1. The highest BCUT2D eigenvalue weighted by Crippen LogP contribution is 2.33. The topological polar surface area (TPSA) is 116 Å². The number of nitrogens with zero attached hydrogens (tertiary/aromatic N) is 5. The fraction of sp³-hybridized carbons (Fsp3) is 0.348. The molecule has 2 aromatic heterocycles. The van der Waals surface area contributed by atoms with Gasteiger partial charge in [-0.15, -0.1) is 0 Å². The molecule has 0 bridgehead atoms. The second-order valence-corrected chi connectivity index (χ2v) is 8.67. The lowest BCUT2D eigenvalue weighted by Crippen LogP contribution is -2.51. The Labute approximate surface area is 220 Å². The van der Waals surface area contributed by atoms with Crippen LogP contribution in [0.15, 0.2) is 41.6 Å². The Bertz CT molecular complexity index is 1430. The van der Waals surface area contributed by atoms with E-state index in [9.17, 15) is 35.9 Å². The summed E-state index contributed by atoms with van der Waals surface area (Å²) in [7, 11) is 0. The van der Waals surface area contributed by atoms with Crippen LogP contribution in [-0.4, -0.2) is 58.4 Å². The number of halogens is 7. The van der Waals surface area contributed by atoms with Crippen LogP contribution in [0.3, 0.4) is 0 Å². The number of anilines is 3. The molecule has 10 nitrogen and oxygen atoms in total. The van der Waals surface area contributed by atoms with Gasteiger partial charge in [0, 0.05) is 25.5 Å². The molecule has 214 valence electrons. The lowest BCUT2D eigenvalue weighted by Gasteiger charge is -2.34. The van der Waals surface area contributed by atoms with Crippen molar-refractivity contribution in [1.29, 1.82) is 0 Å². The number of rotatable bonds is 7. The summed E-state index contributed by atoms with van der Waals surface area (Å²) in [6.45, 7) is 0.834. The standard InChI is InChI=1S/C23H20F7N7O3/c1-12(34-14-9-33-35-20(39)18(14)23(28,29)30)11-40-16-4-2-3-15(19(16)24)37-6-5-36(10-17(37)38)21-31-7-13(8-32-21)22(25,26)27/h2-4,7-9,12H,5-6,10-11H2,1H3,(H2,34,35,39). The van der Waals surface area contributed by atoms with Crippen molar-refractivity contribution in [3.05, 3.63) is 64.1 Å². The van der Waals surface area contributed by atoms with Crippen LogP contribution in [0, 0.1) is 5.82 Å². The van der Waals surface area contributed by atoms with Crippen LogP contribution in [0.2, 0.25) is 0 Å². The first kappa shape index (κ1) is 28.6. The summed E-state index contributed by atoms with van der Waals surface area (Å²) >= 11 is 0. The first-order valence-corrected chi connectivity index (χ1v) is 11.5. The van der Waals surface area contributed by atoms with Crippen LogP contribution >= 0.6 is 0 Å². The molecule has 1 aliphatic rings. The van der Waals surface area contributed by atoms with Crippen molar-refractivity contribution in [1.82, 2.24) is 20.2 Å². The van der Waals surface area contributed by atoms with Gasteiger partial charge in [0.05, 0.1) is 29.2 Å². The summed E-state index contributed by atoms with van der Waals surface area (Å²) in [4.78, 5) is 34.2. The van der Waals surface area contributed by atoms with E-state index in [1.807, 2.05) is 0 Å². The Morgan fingerprint density at radius 2 is 1.75 bits per heavy atom. The molecule has 0 spiro atoms.